The predicted molar refractivity (Wildman–Crippen MR) is 64.1 cm³/mol. The van der Waals surface area contributed by atoms with Crippen LogP contribution in [-0.4, -0.2) is 46.2 Å². The van der Waals surface area contributed by atoms with E-state index in [2.05, 4.69) is 4.98 Å². The molecule has 0 atom stereocenters. The first-order valence-corrected chi connectivity index (χ1v) is 7.03. The quantitative estimate of drug-likeness (QED) is 0.723. The zero-order valence-corrected chi connectivity index (χ0v) is 12.8. The lowest BCUT2D eigenvalue weighted by molar-refractivity contribution is -0.475. The summed E-state index contributed by atoms with van der Waals surface area (Å²) in [6, 6.07) is 0. The van der Waals surface area contributed by atoms with Crippen molar-refractivity contribution in [2.45, 2.75) is 42.2 Å². The van der Waals surface area contributed by atoms with Crippen LogP contribution in [0.15, 0.2) is 6.20 Å². The number of hydrogen-bond donors (Lipinski definition) is 1. The number of nitrogens with one attached hydrogen (secondary N) is 1. The monoisotopic (exact) mass is 422 g/mol. The average Bonchev–Trinajstić information content (AvgIpc) is 2.89. The van der Waals surface area contributed by atoms with Gasteiger partial charge in [0.2, 0.25) is 0 Å². The van der Waals surface area contributed by atoms with Crippen LogP contribution >= 0.6 is 11.3 Å². The van der Waals surface area contributed by atoms with Gasteiger partial charge in [-0.15, -0.1) is 11.3 Å². The maximum atomic E-state index is 14.3. The third kappa shape index (κ3) is 2.00. The smallest absolute Gasteiger partial charge is 0.299 e. The molecule has 1 aromatic rings. The van der Waals surface area contributed by atoms with E-state index in [0.717, 1.165) is 11.5 Å². The van der Waals surface area contributed by atoms with Gasteiger partial charge in [-0.05, 0) is 6.92 Å². The molecule has 0 spiro atoms. The highest BCUT2D eigenvalue weighted by Crippen LogP contribution is 2.69. The van der Waals surface area contributed by atoms with Crippen LogP contribution < -0.4 is 5.32 Å². The molecule has 1 fully saturated rings. The van der Waals surface area contributed by atoms with Crippen molar-refractivity contribution >= 4 is 22.4 Å². The second kappa shape index (κ2) is 5.19. The van der Waals surface area contributed by atoms with E-state index in [4.69, 9.17) is 0 Å². The van der Waals surface area contributed by atoms with Crippen molar-refractivity contribution in [2.24, 2.45) is 0 Å². The van der Waals surface area contributed by atoms with Gasteiger partial charge >= 0.3 is 35.3 Å². The molecule has 1 aliphatic carbocycles. The molecule has 1 amide bonds. The van der Waals surface area contributed by atoms with Gasteiger partial charge < -0.3 is 0 Å². The average molecular weight is 422 g/mol. The first kappa shape index (κ1) is 20.6. The Morgan fingerprint density at radius 2 is 1.23 bits per heavy atom. The highest BCUT2D eigenvalue weighted by Gasteiger charge is 3.02. The van der Waals surface area contributed by atoms with Crippen LogP contribution in [0, 0.1) is 6.92 Å². The molecule has 148 valence electrons. The van der Waals surface area contributed by atoms with E-state index in [-0.39, 0.29) is 4.88 Å². The highest BCUT2D eigenvalue weighted by atomic mass is 32.1. The van der Waals surface area contributed by atoms with Crippen molar-refractivity contribution in [3.8, 4) is 0 Å². The molecule has 1 heterocycles. The van der Waals surface area contributed by atoms with Crippen molar-refractivity contribution < 1.29 is 53.1 Å². The number of alkyl halides is 11. The Kier molecular flexibility index (Phi) is 4.12. The molecule has 1 aliphatic rings. The maximum absolute atomic E-state index is 14.3. The highest BCUT2D eigenvalue weighted by molar-refractivity contribution is 7.15. The lowest BCUT2D eigenvalue weighted by atomic mass is 9.71. The van der Waals surface area contributed by atoms with E-state index in [9.17, 15) is 53.1 Å². The number of nitrogens with zero attached hydrogens (tertiary/aromatic N) is 1. The second-order valence-corrected chi connectivity index (χ2v) is 6.50. The zero-order valence-electron chi connectivity index (χ0n) is 12.0. The van der Waals surface area contributed by atoms with Crippen molar-refractivity contribution in [1.82, 2.24) is 4.98 Å². The number of carbonyl (C=O) groups is 1. The van der Waals surface area contributed by atoms with E-state index < -0.39 is 46.3 Å². The fourth-order valence-electron chi connectivity index (χ4n) is 2.10. The molecule has 15 heteroatoms. The number of carbonyl (C=O) groups excluding carboxylic acids is 1. The molecule has 1 N–H and O–H groups in total. The van der Waals surface area contributed by atoms with Crippen LogP contribution in [0.3, 0.4) is 0 Å². The summed E-state index contributed by atoms with van der Waals surface area (Å²) < 4.78 is 148. The number of halogens is 11. The standard InChI is InChI=1S/C11H5F11N2OS/c1-3-2-23-5(26-3)24-4(25)6(12)7(13,14)9(17,18)11(21,22)10(19,20)8(6,15)16/h2H,1H3,(H,23,24,25). The molecule has 0 unspecified atom stereocenters. The third-order valence-corrected chi connectivity index (χ3v) is 4.43. The summed E-state index contributed by atoms with van der Waals surface area (Å²) in [5.74, 6) is -39.8. The number of aromatic nitrogens is 1. The molecular formula is C11H5F11N2OS. The lowest BCUT2D eigenvalue weighted by Crippen LogP contribution is -2.86. The third-order valence-electron chi connectivity index (χ3n) is 3.60. The molecule has 0 radical (unpaired) electrons. The van der Waals surface area contributed by atoms with E-state index in [0.29, 0.717) is 11.3 Å². The summed E-state index contributed by atoms with van der Waals surface area (Å²) in [4.78, 5) is 14.9. The van der Waals surface area contributed by atoms with Gasteiger partial charge in [0.1, 0.15) is 0 Å². The fourth-order valence-corrected chi connectivity index (χ4v) is 2.76. The van der Waals surface area contributed by atoms with Gasteiger partial charge in [0.25, 0.3) is 5.91 Å². The molecule has 0 aromatic carbocycles. The van der Waals surface area contributed by atoms with Crippen molar-refractivity contribution in [3.05, 3.63) is 11.1 Å². The summed E-state index contributed by atoms with van der Waals surface area (Å²) in [5, 5.41) is 0.0202. The summed E-state index contributed by atoms with van der Waals surface area (Å²) in [7, 11) is 0. The Morgan fingerprint density at radius 3 is 1.58 bits per heavy atom. The Morgan fingerprint density at radius 1 is 0.846 bits per heavy atom. The summed E-state index contributed by atoms with van der Waals surface area (Å²) in [5.41, 5.74) is -6.71. The van der Waals surface area contributed by atoms with E-state index >= 15 is 0 Å². The van der Waals surface area contributed by atoms with Crippen LogP contribution in [0.2, 0.25) is 0 Å². The number of rotatable bonds is 2. The lowest BCUT2D eigenvalue weighted by Gasteiger charge is -2.51. The Labute approximate surface area is 140 Å². The van der Waals surface area contributed by atoms with Gasteiger partial charge in [-0.1, -0.05) is 0 Å². The topological polar surface area (TPSA) is 42.0 Å². The van der Waals surface area contributed by atoms with Crippen molar-refractivity contribution in [2.75, 3.05) is 5.32 Å². The molecule has 0 aliphatic heterocycles. The Bertz CT molecular complexity index is 714. The number of amides is 1. The minimum absolute atomic E-state index is 0.192. The van der Waals surface area contributed by atoms with E-state index in [1.54, 1.807) is 0 Å². The van der Waals surface area contributed by atoms with Crippen LogP contribution in [0.5, 0.6) is 0 Å². The van der Waals surface area contributed by atoms with Gasteiger partial charge in [0, 0.05) is 11.1 Å². The molecule has 26 heavy (non-hydrogen) atoms. The van der Waals surface area contributed by atoms with Crippen molar-refractivity contribution in [1.29, 1.82) is 0 Å². The van der Waals surface area contributed by atoms with Crippen LogP contribution in [0.25, 0.3) is 0 Å². The zero-order chi connectivity index (χ0) is 20.6. The van der Waals surface area contributed by atoms with Gasteiger partial charge in [-0.25, -0.2) is 9.37 Å². The van der Waals surface area contributed by atoms with Gasteiger partial charge in [0.15, 0.2) is 5.13 Å². The first-order valence-electron chi connectivity index (χ1n) is 6.21. The van der Waals surface area contributed by atoms with Crippen molar-refractivity contribution in [3.63, 3.8) is 0 Å². The number of anilines is 1. The minimum atomic E-state index is -7.36. The molecular weight excluding hydrogens is 417 g/mol. The van der Waals surface area contributed by atoms with E-state index in [1.165, 1.54) is 6.92 Å². The Balaban J connectivity index is 2.68. The van der Waals surface area contributed by atoms with Gasteiger partial charge in [0.05, 0.1) is 0 Å². The summed E-state index contributed by atoms with van der Waals surface area (Å²) in [6.45, 7) is 1.28. The molecule has 1 aromatic heterocycles. The van der Waals surface area contributed by atoms with Gasteiger partial charge in [-0.3, -0.25) is 10.1 Å². The summed E-state index contributed by atoms with van der Waals surface area (Å²) >= 11 is 0.356. The molecule has 0 bridgehead atoms. The number of thiazole rings is 1. The molecule has 2 rings (SSSR count). The SMILES string of the molecule is Cc1cnc(NC(=O)C2(F)C(F)(F)C(F)(F)C(F)(F)C(F)(F)C2(F)F)s1. The largest absolute Gasteiger partial charge is 0.384 e. The fraction of sp³-hybridized carbons (Fsp3) is 0.636. The minimum Gasteiger partial charge on any atom is -0.299 e. The number of aryl methyl sites for hydroxylation is 1. The van der Waals surface area contributed by atoms with E-state index in [1.807, 2.05) is 0 Å². The van der Waals surface area contributed by atoms with Crippen LogP contribution in [0.1, 0.15) is 4.88 Å². The number of hydrogen-bond acceptors (Lipinski definition) is 3. The van der Waals surface area contributed by atoms with Gasteiger partial charge in [-0.2, -0.15) is 43.9 Å². The molecule has 3 nitrogen and oxygen atoms in total. The predicted octanol–water partition coefficient (Wildman–Crippen LogP) is 4.29. The normalized spacial score (nSPS) is 26.9. The Hall–Kier alpha value is -1.67. The molecule has 1 saturated carbocycles. The maximum Gasteiger partial charge on any atom is 0.384 e. The van der Waals surface area contributed by atoms with Crippen LogP contribution in [-0.2, 0) is 4.79 Å². The summed E-state index contributed by atoms with van der Waals surface area (Å²) in [6.07, 6.45) is 0.902. The molecule has 0 saturated heterocycles. The first-order chi connectivity index (χ1) is 11.4. The second-order valence-electron chi connectivity index (χ2n) is 5.26. The van der Waals surface area contributed by atoms with Crippen LogP contribution in [0.4, 0.5) is 53.4 Å².